The summed E-state index contributed by atoms with van der Waals surface area (Å²) in [6.07, 6.45) is 0. The molecule has 1 aromatic heterocycles. The van der Waals surface area contributed by atoms with Crippen molar-refractivity contribution in [3.8, 4) is 0 Å². The van der Waals surface area contributed by atoms with E-state index in [1.165, 1.54) is 0 Å². The Labute approximate surface area is 108 Å². The molecule has 0 aromatic carbocycles. The lowest BCUT2D eigenvalue weighted by atomic mass is 9.99. The molecule has 0 aliphatic carbocycles. The van der Waals surface area contributed by atoms with Crippen molar-refractivity contribution in [3.63, 3.8) is 0 Å². The van der Waals surface area contributed by atoms with E-state index in [1.54, 1.807) is 6.07 Å². The molecule has 2 unspecified atom stereocenters. The number of aliphatic carboxylic acids is 1. The van der Waals surface area contributed by atoms with Gasteiger partial charge in [-0.1, -0.05) is 30.1 Å². The van der Waals surface area contributed by atoms with Crippen LogP contribution in [0.2, 0.25) is 10.3 Å². The first-order valence-corrected chi connectivity index (χ1v) is 5.91. The highest BCUT2D eigenvalue weighted by Crippen LogP contribution is 2.32. The van der Waals surface area contributed by atoms with E-state index < -0.39 is 11.9 Å². The topological polar surface area (TPSA) is 66.3 Å². The summed E-state index contributed by atoms with van der Waals surface area (Å²) < 4.78 is 0. The minimum absolute atomic E-state index is 0.0653. The van der Waals surface area contributed by atoms with E-state index >= 15 is 0 Å². The molecule has 1 aliphatic rings. The Morgan fingerprint density at radius 1 is 1.47 bits per heavy atom. The molecule has 1 aliphatic heterocycles. The van der Waals surface area contributed by atoms with Crippen molar-refractivity contribution in [1.82, 2.24) is 10.2 Å². The molecule has 92 valence electrons. The number of aromatic nitrogens is 2. The van der Waals surface area contributed by atoms with Crippen molar-refractivity contribution in [3.05, 3.63) is 16.4 Å². The molecular formula is C10H11Cl2N3O2. The minimum Gasteiger partial charge on any atom is -0.481 e. The third-order valence-electron chi connectivity index (χ3n) is 2.97. The van der Waals surface area contributed by atoms with Crippen LogP contribution >= 0.6 is 23.2 Å². The van der Waals surface area contributed by atoms with Gasteiger partial charge in [-0.25, -0.2) is 0 Å². The Morgan fingerprint density at radius 3 is 2.76 bits per heavy atom. The summed E-state index contributed by atoms with van der Waals surface area (Å²) in [5, 5.41) is 16.9. The predicted molar refractivity (Wildman–Crippen MR) is 64.6 cm³/mol. The maximum atomic E-state index is 11.0. The zero-order valence-corrected chi connectivity index (χ0v) is 10.6. The number of carboxylic acid groups (broad SMARTS) is 1. The lowest BCUT2D eigenvalue weighted by molar-refractivity contribution is -0.142. The molecule has 0 spiro atoms. The molecule has 1 saturated heterocycles. The van der Waals surface area contributed by atoms with E-state index in [1.807, 2.05) is 11.8 Å². The normalized spacial score (nSPS) is 24.1. The van der Waals surface area contributed by atoms with E-state index in [0.717, 1.165) is 0 Å². The van der Waals surface area contributed by atoms with E-state index in [0.29, 0.717) is 18.8 Å². The molecule has 5 nitrogen and oxygen atoms in total. The molecule has 1 N–H and O–H groups in total. The largest absolute Gasteiger partial charge is 0.481 e. The van der Waals surface area contributed by atoms with Gasteiger partial charge in [-0.3, -0.25) is 4.79 Å². The second kappa shape index (κ2) is 4.66. The van der Waals surface area contributed by atoms with Gasteiger partial charge in [-0.05, 0) is 5.92 Å². The Kier molecular flexibility index (Phi) is 3.40. The number of nitrogens with zero attached hydrogens (tertiary/aromatic N) is 3. The minimum atomic E-state index is -0.788. The van der Waals surface area contributed by atoms with Gasteiger partial charge in [0.25, 0.3) is 0 Å². The number of carboxylic acids is 1. The van der Waals surface area contributed by atoms with Crippen LogP contribution in [-0.2, 0) is 4.79 Å². The van der Waals surface area contributed by atoms with Gasteiger partial charge < -0.3 is 10.0 Å². The molecular weight excluding hydrogens is 265 g/mol. The molecule has 1 aromatic rings. The summed E-state index contributed by atoms with van der Waals surface area (Å²) in [5.41, 5.74) is 0.641. The van der Waals surface area contributed by atoms with Crippen molar-refractivity contribution in [1.29, 1.82) is 0 Å². The van der Waals surface area contributed by atoms with Gasteiger partial charge in [-0.2, -0.15) is 0 Å². The van der Waals surface area contributed by atoms with Gasteiger partial charge >= 0.3 is 5.97 Å². The van der Waals surface area contributed by atoms with Gasteiger partial charge in [0.15, 0.2) is 10.3 Å². The monoisotopic (exact) mass is 275 g/mol. The van der Waals surface area contributed by atoms with Crippen LogP contribution in [0.4, 0.5) is 5.69 Å². The maximum Gasteiger partial charge on any atom is 0.308 e. The van der Waals surface area contributed by atoms with Crippen molar-refractivity contribution in [2.45, 2.75) is 6.92 Å². The summed E-state index contributed by atoms with van der Waals surface area (Å²) in [6, 6.07) is 1.60. The van der Waals surface area contributed by atoms with Crippen LogP contribution in [0.3, 0.4) is 0 Å². The summed E-state index contributed by atoms with van der Waals surface area (Å²) in [5.74, 6) is -1.11. The second-order valence-corrected chi connectivity index (χ2v) is 4.92. The van der Waals surface area contributed by atoms with Gasteiger partial charge in [0.05, 0.1) is 11.6 Å². The van der Waals surface area contributed by atoms with E-state index in [4.69, 9.17) is 28.3 Å². The predicted octanol–water partition coefficient (Wildman–Crippen LogP) is 1.94. The van der Waals surface area contributed by atoms with Crippen LogP contribution < -0.4 is 4.90 Å². The van der Waals surface area contributed by atoms with Gasteiger partial charge in [0.1, 0.15) is 0 Å². The average Bonchev–Trinajstić information content (AvgIpc) is 2.64. The van der Waals surface area contributed by atoms with Crippen LogP contribution in [0.25, 0.3) is 0 Å². The lowest BCUT2D eigenvalue weighted by Gasteiger charge is -2.18. The molecule has 7 heteroatoms. The summed E-state index contributed by atoms with van der Waals surface area (Å²) in [6.45, 7) is 2.94. The van der Waals surface area contributed by atoms with Crippen molar-refractivity contribution < 1.29 is 9.90 Å². The van der Waals surface area contributed by atoms with Crippen LogP contribution in [-0.4, -0.2) is 34.4 Å². The molecule has 0 radical (unpaired) electrons. The standard InChI is InChI=1S/C10H11Cl2N3O2/c1-5-3-15(4-6(5)10(16)17)7-2-8(11)13-14-9(7)12/h2,5-6H,3-4H2,1H3,(H,16,17). The first kappa shape index (κ1) is 12.4. The van der Waals surface area contributed by atoms with Gasteiger partial charge in [0, 0.05) is 19.2 Å². The molecule has 1 fully saturated rings. The molecule has 0 amide bonds. The highest BCUT2D eigenvalue weighted by Gasteiger charge is 2.35. The number of carbonyl (C=O) groups is 1. The fraction of sp³-hybridized carbons (Fsp3) is 0.500. The number of rotatable bonds is 2. The zero-order chi connectivity index (χ0) is 12.6. The number of halogens is 2. The average molecular weight is 276 g/mol. The Hall–Kier alpha value is -1.07. The summed E-state index contributed by atoms with van der Waals surface area (Å²) in [7, 11) is 0. The smallest absolute Gasteiger partial charge is 0.308 e. The molecule has 17 heavy (non-hydrogen) atoms. The van der Waals surface area contributed by atoms with E-state index in [-0.39, 0.29) is 16.2 Å². The van der Waals surface area contributed by atoms with Crippen LogP contribution in [0.5, 0.6) is 0 Å². The summed E-state index contributed by atoms with van der Waals surface area (Å²) >= 11 is 11.7. The third-order valence-corrected chi connectivity index (χ3v) is 3.42. The number of hydrogen-bond acceptors (Lipinski definition) is 4. The van der Waals surface area contributed by atoms with E-state index in [9.17, 15) is 4.79 Å². The molecule has 0 bridgehead atoms. The Balaban J connectivity index is 2.25. The quantitative estimate of drug-likeness (QED) is 0.894. The molecule has 2 rings (SSSR count). The zero-order valence-electron chi connectivity index (χ0n) is 9.10. The first-order chi connectivity index (χ1) is 7.99. The highest BCUT2D eigenvalue weighted by molar-refractivity contribution is 6.33. The van der Waals surface area contributed by atoms with Crippen LogP contribution in [0, 0.1) is 11.8 Å². The van der Waals surface area contributed by atoms with Crippen molar-refractivity contribution in [2.24, 2.45) is 11.8 Å². The fourth-order valence-electron chi connectivity index (χ4n) is 2.05. The maximum absolute atomic E-state index is 11.0. The fourth-order valence-corrected chi connectivity index (χ4v) is 2.40. The van der Waals surface area contributed by atoms with Crippen molar-refractivity contribution in [2.75, 3.05) is 18.0 Å². The Bertz CT molecular complexity index is 455. The third kappa shape index (κ3) is 2.45. The molecule has 2 heterocycles. The highest BCUT2D eigenvalue weighted by atomic mass is 35.5. The molecule has 2 atom stereocenters. The van der Waals surface area contributed by atoms with Gasteiger partial charge in [-0.15, -0.1) is 10.2 Å². The van der Waals surface area contributed by atoms with Crippen molar-refractivity contribution >= 4 is 34.9 Å². The Morgan fingerprint density at radius 2 is 2.18 bits per heavy atom. The SMILES string of the molecule is CC1CN(c2cc(Cl)nnc2Cl)CC1C(=O)O. The van der Waals surface area contributed by atoms with Gasteiger partial charge in [0.2, 0.25) is 0 Å². The lowest BCUT2D eigenvalue weighted by Crippen LogP contribution is -2.23. The van der Waals surface area contributed by atoms with Crippen LogP contribution in [0.1, 0.15) is 6.92 Å². The van der Waals surface area contributed by atoms with E-state index in [2.05, 4.69) is 10.2 Å². The number of hydrogen-bond donors (Lipinski definition) is 1. The second-order valence-electron chi connectivity index (χ2n) is 4.17. The molecule has 0 saturated carbocycles. The van der Waals surface area contributed by atoms with Crippen LogP contribution in [0.15, 0.2) is 6.07 Å². The summed E-state index contributed by atoms with van der Waals surface area (Å²) in [4.78, 5) is 12.9. The number of anilines is 1. The first-order valence-electron chi connectivity index (χ1n) is 5.15.